The first-order valence-electron chi connectivity index (χ1n) is 7.23. The van der Waals surface area contributed by atoms with Gasteiger partial charge in [0.15, 0.2) is 0 Å². The number of nitrogens with one attached hydrogen (secondary N) is 1. The minimum absolute atomic E-state index is 0.0295. The number of carbonyl (C=O) groups is 1. The number of nitrogens with zero attached hydrogens (tertiary/aromatic N) is 3. The first kappa shape index (κ1) is 15.0. The van der Waals surface area contributed by atoms with Crippen LogP contribution < -0.4 is 11.1 Å². The summed E-state index contributed by atoms with van der Waals surface area (Å²) in [5.74, 6) is 0.556. The van der Waals surface area contributed by atoms with E-state index in [-0.39, 0.29) is 5.91 Å². The highest BCUT2D eigenvalue weighted by Gasteiger charge is 2.21. The van der Waals surface area contributed by atoms with Crippen molar-refractivity contribution >= 4 is 11.6 Å². The molecule has 1 amide bonds. The fourth-order valence-corrected chi connectivity index (χ4v) is 2.82. The van der Waals surface area contributed by atoms with Crippen LogP contribution in [0.5, 0.6) is 0 Å². The van der Waals surface area contributed by atoms with Crippen LogP contribution in [0.15, 0.2) is 0 Å². The molecule has 1 saturated heterocycles. The largest absolute Gasteiger partial charge is 0.330 e. The molecule has 0 bridgehead atoms. The Morgan fingerprint density at radius 2 is 2.25 bits per heavy atom. The molecule has 20 heavy (non-hydrogen) atoms. The summed E-state index contributed by atoms with van der Waals surface area (Å²) >= 11 is 0. The van der Waals surface area contributed by atoms with Gasteiger partial charge in [0.25, 0.3) is 0 Å². The zero-order chi connectivity index (χ0) is 14.7. The van der Waals surface area contributed by atoms with Crippen LogP contribution in [0.4, 0.5) is 5.69 Å². The number of likely N-dealkylation sites (tertiary alicyclic amines) is 1. The molecule has 0 aromatic carbocycles. The highest BCUT2D eigenvalue weighted by molar-refractivity contribution is 5.93. The summed E-state index contributed by atoms with van der Waals surface area (Å²) in [6.07, 6.45) is 2.30. The highest BCUT2D eigenvalue weighted by Crippen LogP contribution is 2.19. The molecule has 0 saturated carbocycles. The van der Waals surface area contributed by atoms with Gasteiger partial charge in [-0.1, -0.05) is 0 Å². The van der Waals surface area contributed by atoms with Crippen molar-refractivity contribution < 1.29 is 4.79 Å². The Balaban J connectivity index is 1.92. The van der Waals surface area contributed by atoms with Crippen LogP contribution in [0.2, 0.25) is 0 Å². The van der Waals surface area contributed by atoms with E-state index in [0.29, 0.717) is 19.0 Å². The average molecular weight is 279 g/mol. The quantitative estimate of drug-likeness (QED) is 0.848. The van der Waals surface area contributed by atoms with E-state index >= 15 is 0 Å². The first-order chi connectivity index (χ1) is 9.51. The number of hydrogen-bond donors (Lipinski definition) is 2. The smallest absolute Gasteiger partial charge is 0.238 e. The third kappa shape index (κ3) is 3.37. The van der Waals surface area contributed by atoms with E-state index in [4.69, 9.17) is 5.73 Å². The molecule has 0 aliphatic carbocycles. The maximum Gasteiger partial charge on any atom is 0.238 e. The van der Waals surface area contributed by atoms with Crippen molar-refractivity contribution in [1.29, 1.82) is 0 Å². The molecule has 6 nitrogen and oxygen atoms in total. The molecule has 1 aliphatic rings. The molecule has 1 aliphatic heterocycles. The zero-order valence-electron chi connectivity index (χ0n) is 12.6. The molecular formula is C14H25N5O. The molecule has 2 heterocycles. The van der Waals surface area contributed by atoms with Gasteiger partial charge >= 0.3 is 0 Å². The lowest BCUT2D eigenvalue weighted by Gasteiger charge is -2.31. The molecular weight excluding hydrogens is 254 g/mol. The van der Waals surface area contributed by atoms with Crippen LogP contribution >= 0.6 is 0 Å². The molecule has 1 atom stereocenters. The van der Waals surface area contributed by atoms with Crippen LogP contribution in [-0.4, -0.2) is 46.8 Å². The maximum absolute atomic E-state index is 12.2. The predicted octanol–water partition coefficient (Wildman–Crippen LogP) is 0.646. The molecule has 0 spiro atoms. The summed E-state index contributed by atoms with van der Waals surface area (Å²) in [7, 11) is 1.88. The monoisotopic (exact) mass is 279 g/mol. The van der Waals surface area contributed by atoms with Gasteiger partial charge in [-0.25, -0.2) is 0 Å². The van der Waals surface area contributed by atoms with E-state index in [9.17, 15) is 4.79 Å². The van der Waals surface area contributed by atoms with Crippen molar-refractivity contribution in [2.75, 3.05) is 31.5 Å². The van der Waals surface area contributed by atoms with E-state index in [1.54, 1.807) is 4.68 Å². The van der Waals surface area contributed by atoms with E-state index in [2.05, 4.69) is 15.3 Å². The van der Waals surface area contributed by atoms with Crippen LogP contribution in [0.3, 0.4) is 0 Å². The Hall–Kier alpha value is -1.40. The summed E-state index contributed by atoms with van der Waals surface area (Å²) in [6.45, 7) is 6.92. The number of piperidine rings is 1. The van der Waals surface area contributed by atoms with Gasteiger partial charge in [0.1, 0.15) is 0 Å². The lowest BCUT2D eigenvalue weighted by atomic mass is 9.98. The molecule has 112 valence electrons. The second kappa shape index (κ2) is 6.37. The Morgan fingerprint density at radius 1 is 1.50 bits per heavy atom. The highest BCUT2D eigenvalue weighted by atomic mass is 16.2. The average Bonchev–Trinajstić information content (AvgIpc) is 2.65. The predicted molar refractivity (Wildman–Crippen MR) is 79.5 cm³/mol. The van der Waals surface area contributed by atoms with Crippen molar-refractivity contribution in [2.45, 2.75) is 26.7 Å². The van der Waals surface area contributed by atoms with E-state index in [0.717, 1.165) is 36.6 Å². The van der Waals surface area contributed by atoms with E-state index < -0.39 is 0 Å². The van der Waals surface area contributed by atoms with Gasteiger partial charge in [0, 0.05) is 13.6 Å². The Kier molecular flexibility index (Phi) is 4.77. The SMILES string of the molecule is Cc1nn(C)c(C)c1NC(=O)CN1CCCC(CN)C1. The van der Waals surface area contributed by atoms with Crippen molar-refractivity contribution in [3.63, 3.8) is 0 Å². The van der Waals surface area contributed by atoms with Gasteiger partial charge < -0.3 is 11.1 Å². The molecule has 1 unspecified atom stereocenters. The van der Waals surface area contributed by atoms with E-state index in [1.165, 1.54) is 6.42 Å². The zero-order valence-corrected chi connectivity index (χ0v) is 12.6. The van der Waals surface area contributed by atoms with Crippen molar-refractivity contribution in [3.8, 4) is 0 Å². The molecule has 1 aromatic rings. The number of aromatic nitrogens is 2. The summed E-state index contributed by atoms with van der Waals surface area (Å²) < 4.78 is 1.79. The molecule has 0 radical (unpaired) electrons. The molecule has 2 rings (SSSR count). The van der Waals surface area contributed by atoms with Gasteiger partial charge in [-0.15, -0.1) is 0 Å². The van der Waals surface area contributed by atoms with Gasteiger partial charge in [-0.2, -0.15) is 5.10 Å². The molecule has 6 heteroatoms. The summed E-state index contributed by atoms with van der Waals surface area (Å²) in [6, 6.07) is 0. The van der Waals surface area contributed by atoms with Crippen LogP contribution in [0, 0.1) is 19.8 Å². The first-order valence-corrected chi connectivity index (χ1v) is 7.23. The van der Waals surface area contributed by atoms with Crippen LogP contribution in [-0.2, 0) is 11.8 Å². The van der Waals surface area contributed by atoms with Gasteiger partial charge in [0.2, 0.25) is 5.91 Å². The maximum atomic E-state index is 12.2. The summed E-state index contributed by atoms with van der Waals surface area (Å²) in [5.41, 5.74) is 8.40. The fourth-order valence-electron chi connectivity index (χ4n) is 2.82. The Morgan fingerprint density at radius 3 is 2.85 bits per heavy atom. The number of amides is 1. The summed E-state index contributed by atoms with van der Waals surface area (Å²) in [4.78, 5) is 14.4. The fraction of sp³-hybridized carbons (Fsp3) is 0.714. The Bertz CT molecular complexity index is 482. The molecule has 3 N–H and O–H groups in total. The lowest BCUT2D eigenvalue weighted by Crippen LogP contribution is -2.42. The normalized spacial score (nSPS) is 20.1. The second-order valence-electron chi connectivity index (χ2n) is 5.70. The number of anilines is 1. The van der Waals surface area contributed by atoms with Crippen LogP contribution in [0.25, 0.3) is 0 Å². The number of carbonyl (C=O) groups excluding carboxylic acids is 1. The summed E-state index contributed by atoms with van der Waals surface area (Å²) in [5, 5.41) is 7.29. The number of nitrogens with two attached hydrogens (primary N) is 1. The van der Waals surface area contributed by atoms with Crippen molar-refractivity contribution in [2.24, 2.45) is 18.7 Å². The molecule has 1 fully saturated rings. The van der Waals surface area contributed by atoms with E-state index in [1.807, 2.05) is 20.9 Å². The number of hydrogen-bond acceptors (Lipinski definition) is 4. The lowest BCUT2D eigenvalue weighted by molar-refractivity contribution is -0.117. The van der Waals surface area contributed by atoms with Gasteiger partial charge in [-0.05, 0) is 45.7 Å². The minimum Gasteiger partial charge on any atom is -0.330 e. The topological polar surface area (TPSA) is 76.2 Å². The third-order valence-electron chi connectivity index (χ3n) is 4.08. The standard InChI is InChI=1S/C14H25N5O/c1-10-14(11(2)18(3)17-10)16-13(20)9-19-6-4-5-12(7-15)8-19/h12H,4-9,15H2,1-3H3,(H,16,20). The van der Waals surface area contributed by atoms with Crippen LogP contribution in [0.1, 0.15) is 24.2 Å². The van der Waals surface area contributed by atoms with Crippen molar-refractivity contribution in [1.82, 2.24) is 14.7 Å². The minimum atomic E-state index is 0.0295. The number of rotatable bonds is 4. The third-order valence-corrected chi connectivity index (χ3v) is 4.08. The second-order valence-corrected chi connectivity index (χ2v) is 5.70. The van der Waals surface area contributed by atoms with Crippen molar-refractivity contribution in [3.05, 3.63) is 11.4 Å². The van der Waals surface area contributed by atoms with Gasteiger partial charge in [-0.3, -0.25) is 14.4 Å². The number of aryl methyl sites for hydroxylation is 2. The molecule has 1 aromatic heterocycles. The van der Waals surface area contributed by atoms with Gasteiger partial charge in [0.05, 0.1) is 23.6 Å². The Labute approximate surface area is 120 Å².